The van der Waals surface area contributed by atoms with Crippen LogP contribution in [-0.2, 0) is 6.54 Å². The van der Waals surface area contributed by atoms with Gasteiger partial charge in [-0.3, -0.25) is 0 Å². The highest BCUT2D eigenvalue weighted by molar-refractivity contribution is 8.93. The van der Waals surface area contributed by atoms with E-state index < -0.39 is 0 Å². The third-order valence-corrected chi connectivity index (χ3v) is 1.68. The topological polar surface area (TPSA) is 39.2 Å². The van der Waals surface area contributed by atoms with Crippen LogP contribution in [0.1, 0.15) is 5.76 Å². The van der Waals surface area contributed by atoms with Gasteiger partial charge in [0.2, 0.25) is 0 Å². The molecule has 0 aliphatic carbocycles. The molecule has 2 aromatic rings. The summed E-state index contributed by atoms with van der Waals surface area (Å²) in [5.41, 5.74) is 6.33. The summed E-state index contributed by atoms with van der Waals surface area (Å²) in [6.45, 7) is 0.467. The summed E-state index contributed by atoms with van der Waals surface area (Å²) in [6, 6.07) is 9.85. The minimum atomic E-state index is 0. The Balaban J connectivity index is 0.000000720. The second-order valence-electron chi connectivity index (χ2n) is 2.45. The lowest BCUT2D eigenvalue weighted by atomic mass is 10.2. The molecule has 0 amide bonds. The van der Waals surface area contributed by atoms with Crippen LogP contribution in [0.25, 0.3) is 11.0 Å². The van der Waals surface area contributed by atoms with E-state index in [2.05, 4.69) is 0 Å². The number of nitrogens with two attached hydrogens (primary N) is 1. The average molecular weight is 228 g/mol. The van der Waals surface area contributed by atoms with Crippen LogP contribution in [0.4, 0.5) is 0 Å². The van der Waals surface area contributed by atoms with Gasteiger partial charge >= 0.3 is 0 Å². The van der Waals surface area contributed by atoms with Crippen LogP contribution < -0.4 is 5.73 Å². The first kappa shape index (κ1) is 9.29. The summed E-state index contributed by atoms with van der Waals surface area (Å²) >= 11 is 0. The van der Waals surface area contributed by atoms with Crippen molar-refractivity contribution in [3.63, 3.8) is 0 Å². The van der Waals surface area contributed by atoms with E-state index in [-0.39, 0.29) is 17.0 Å². The van der Waals surface area contributed by atoms with Gasteiger partial charge in [-0.2, -0.15) is 0 Å². The molecule has 0 aliphatic heterocycles. The van der Waals surface area contributed by atoms with Gasteiger partial charge in [0.1, 0.15) is 11.3 Å². The van der Waals surface area contributed by atoms with Crippen LogP contribution in [-0.4, -0.2) is 0 Å². The summed E-state index contributed by atoms with van der Waals surface area (Å²) in [5, 5.41) is 1.12. The van der Waals surface area contributed by atoms with E-state index in [0.29, 0.717) is 6.54 Å². The molecule has 2 rings (SSSR count). The maximum Gasteiger partial charge on any atom is 0.134 e. The summed E-state index contributed by atoms with van der Waals surface area (Å²) in [4.78, 5) is 0. The summed E-state index contributed by atoms with van der Waals surface area (Å²) in [7, 11) is 0. The molecule has 0 aliphatic rings. The fraction of sp³-hybridized carbons (Fsp3) is 0.111. The summed E-state index contributed by atoms with van der Waals surface area (Å²) in [5.74, 6) is 0.839. The number of halogens is 1. The van der Waals surface area contributed by atoms with Crippen molar-refractivity contribution < 1.29 is 4.42 Å². The zero-order valence-electron chi connectivity index (χ0n) is 6.49. The first-order valence-corrected chi connectivity index (χ1v) is 3.57. The first-order valence-electron chi connectivity index (χ1n) is 3.57. The predicted molar refractivity (Wildman–Crippen MR) is 54.4 cm³/mol. The number of fused-ring (bicyclic) bond motifs is 1. The van der Waals surface area contributed by atoms with Gasteiger partial charge in [0.25, 0.3) is 0 Å². The number of hydrogen-bond donors (Lipinski definition) is 1. The summed E-state index contributed by atoms with van der Waals surface area (Å²) in [6.07, 6.45) is 0. The minimum absolute atomic E-state index is 0. The molecule has 1 heterocycles. The third kappa shape index (κ3) is 1.52. The lowest BCUT2D eigenvalue weighted by molar-refractivity contribution is 0.552. The molecular weight excluding hydrogens is 218 g/mol. The number of para-hydroxylation sites is 1. The zero-order chi connectivity index (χ0) is 7.68. The van der Waals surface area contributed by atoms with Gasteiger partial charge in [-0.25, -0.2) is 0 Å². The van der Waals surface area contributed by atoms with Crippen LogP contribution in [0.5, 0.6) is 0 Å². The normalized spacial score (nSPS) is 9.75. The molecule has 0 saturated heterocycles. The van der Waals surface area contributed by atoms with Gasteiger partial charge in [0, 0.05) is 5.39 Å². The standard InChI is InChI=1S/C9H9NO.BrH/c10-6-8-5-7-3-1-2-4-9(7)11-8;/h1-5H,6,10H2;1H. The first-order chi connectivity index (χ1) is 5.40. The molecule has 2 nitrogen and oxygen atoms in total. The van der Waals surface area contributed by atoms with Gasteiger partial charge in [-0.15, -0.1) is 17.0 Å². The smallest absolute Gasteiger partial charge is 0.134 e. The minimum Gasteiger partial charge on any atom is -0.460 e. The highest BCUT2D eigenvalue weighted by Gasteiger charge is 1.98. The molecule has 0 saturated carbocycles. The number of furan rings is 1. The Labute approximate surface area is 81.1 Å². The van der Waals surface area contributed by atoms with Crippen LogP contribution in [0, 0.1) is 0 Å². The van der Waals surface area contributed by atoms with E-state index in [0.717, 1.165) is 16.7 Å². The molecule has 3 heteroatoms. The van der Waals surface area contributed by atoms with E-state index in [1.54, 1.807) is 0 Å². The second kappa shape index (κ2) is 3.74. The molecule has 0 unspecified atom stereocenters. The van der Waals surface area contributed by atoms with Gasteiger partial charge in [-0.1, -0.05) is 18.2 Å². The average Bonchev–Trinajstić information content (AvgIpc) is 2.46. The van der Waals surface area contributed by atoms with Crippen LogP contribution in [0.15, 0.2) is 34.7 Å². The van der Waals surface area contributed by atoms with E-state index in [1.165, 1.54) is 0 Å². The Morgan fingerprint density at radius 1 is 1.25 bits per heavy atom. The van der Waals surface area contributed by atoms with Crippen molar-refractivity contribution in [1.82, 2.24) is 0 Å². The Morgan fingerprint density at radius 2 is 2.00 bits per heavy atom. The second-order valence-corrected chi connectivity index (χ2v) is 2.45. The van der Waals surface area contributed by atoms with E-state index in [1.807, 2.05) is 30.3 Å². The fourth-order valence-corrected chi connectivity index (χ4v) is 1.14. The van der Waals surface area contributed by atoms with Crippen molar-refractivity contribution >= 4 is 28.0 Å². The molecule has 0 atom stereocenters. The molecule has 1 aromatic carbocycles. The van der Waals surface area contributed by atoms with Crippen molar-refractivity contribution in [2.75, 3.05) is 0 Å². The van der Waals surface area contributed by atoms with Crippen molar-refractivity contribution in [2.45, 2.75) is 6.54 Å². The van der Waals surface area contributed by atoms with Crippen molar-refractivity contribution in [1.29, 1.82) is 0 Å². The lowest BCUT2D eigenvalue weighted by Crippen LogP contribution is -1.92. The molecule has 2 N–H and O–H groups in total. The maximum atomic E-state index is 5.42. The molecule has 0 spiro atoms. The number of hydrogen-bond acceptors (Lipinski definition) is 2. The predicted octanol–water partition coefficient (Wildman–Crippen LogP) is 2.47. The summed E-state index contributed by atoms with van der Waals surface area (Å²) < 4.78 is 5.39. The van der Waals surface area contributed by atoms with E-state index in [9.17, 15) is 0 Å². The maximum absolute atomic E-state index is 5.42. The van der Waals surface area contributed by atoms with E-state index >= 15 is 0 Å². The number of benzene rings is 1. The largest absolute Gasteiger partial charge is 0.460 e. The van der Waals surface area contributed by atoms with Gasteiger partial charge in [-0.05, 0) is 12.1 Å². The quantitative estimate of drug-likeness (QED) is 0.814. The lowest BCUT2D eigenvalue weighted by Gasteiger charge is -1.84. The monoisotopic (exact) mass is 227 g/mol. The Bertz CT molecular complexity index is 336. The van der Waals surface area contributed by atoms with Crippen LogP contribution in [0.3, 0.4) is 0 Å². The molecule has 12 heavy (non-hydrogen) atoms. The number of rotatable bonds is 1. The van der Waals surface area contributed by atoms with Gasteiger partial charge in [0.15, 0.2) is 0 Å². The van der Waals surface area contributed by atoms with Crippen molar-refractivity contribution in [3.8, 4) is 0 Å². The Hall–Kier alpha value is -0.800. The molecule has 1 aromatic heterocycles. The fourth-order valence-electron chi connectivity index (χ4n) is 1.14. The van der Waals surface area contributed by atoms with Crippen molar-refractivity contribution in [3.05, 3.63) is 36.1 Å². The third-order valence-electron chi connectivity index (χ3n) is 1.68. The highest BCUT2D eigenvalue weighted by atomic mass is 79.9. The Morgan fingerprint density at radius 3 is 2.67 bits per heavy atom. The molecular formula is C9H10BrNO. The molecule has 64 valence electrons. The SMILES string of the molecule is Br.NCc1cc2ccccc2o1. The van der Waals surface area contributed by atoms with Crippen molar-refractivity contribution in [2.24, 2.45) is 5.73 Å². The highest BCUT2D eigenvalue weighted by Crippen LogP contribution is 2.17. The van der Waals surface area contributed by atoms with Crippen LogP contribution in [0.2, 0.25) is 0 Å². The molecule has 0 bridgehead atoms. The van der Waals surface area contributed by atoms with Gasteiger partial charge in [0.05, 0.1) is 6.54 Å². The van der Waals surface area contributed by atoms with Crippen LogP contribution >= 0.6 is 17.0 Å². The molecule has 0 fully saturated rings. The van der Waals surface area contributed by atoms with E-state index in [4.69, 9.17) is 10.2 Å². The van der Waals surface area contributed by atoms with Gasteiger partial charge < -0.3 is 10.2 Å². The zero-order valence-corrected chi connectivity index (χ0v) is 8.20. The molecule has 0 radical (unpaired) electrons. The Kier molecular flexibility index (Phi) is 2.89.